The van der Waals surface area contributed by atoms with Crippen LogP contribution in [0.5, 0.6) is 5.75 Å². The molecule has 5 rings (SSSR count). The number of pyridine rings is 1. The van der Waals surface area contributed by atoms with E-state index in [9.17, 15) is 0 Å². The van der Waals surface area contributed by atoms with Gasteiger partial charge in [-0.25, -0.2) is 14.6 Å². The van der Waals surface area contributed by atoms with E-state index in [1.165, 1.54) is 5.56 Å². The fourth-order valence-electron chi connectivity index (χ4n) is 4.23. The van der Waals surface area contributed by atoms with E-state index in [1.54, 1.807) is 12.4 Å². The van der Waals surface area contributed by atoms with Crippen molar-refractivity contribution in [2.24, 2.45) is 0 Å². The van der Waals surface area contributed by atoms with Gasteiger partial charge in [-0.2, -0.15) is 5.10 Å². The minimum Gasteiger partial charge on any atom is -0.492 e. The molecule has 0 atom stereocenters. The highest BCUT2D eigenvalue weighted by Gasteiger charge is 2.26. The first kappa shape index (κ1) is 19.6. The van der Waals surface area contributed by atoms with Crippen LogP contribution in [-0.2, 0) is 13.1 Å². The summed E-state index contributed by atoms with van der Waals surface area (Å²) < 4.78 is 7.81. The molecule has 0 unspecified atom stereocenters. The number of para-hydroxylation sites is 1. The largest absolute Gasteiger partial charge is 0.492 e. The van der Waals surface area contributed by atoms with E-state index in [0.29, 0.717) is 19.1 Å². The van der Waals surface area contributed by atoms with Gasteiger partial charge >= 0.3 is 0 Å². The van der Waals surface area contributed by atoms with Gasteiger partial charge in [-0.05, 0) is 55.8 Å². The third kappa shape index (κ3) is 4.56. The first-order valence-corrected chi connectivity index (χ1v) is 10.8. The molecule has 1 saturated heterocycles. The van der Waals surface area contributed by atoms with Crippen LogP contribution in [0, 0.1) is 0 Å². The molecule has 0 radical (unpaired) electrons. The maximum Gasteiger partial charge on any atom is 0.177 e. The van der Waals surface area contributed by atoms with Crippen molar-refractivity contribution in [3.63, 3.8) is 0 Å². The highest BCUT2D eigenvalue weighted by atomic mass is 16.5. The second-order valence-corrected chi connectivity index (χ2v) is 7.90. The highest BCUT2D eigenvalue weighted by Crippen LogP contribution is 2.31. The Morgan fingerprint density at radius 1 is 0.903 bits per heavy atom. The number of fused-ring (bicyclic) bond motifs is 1. The Morgan fingerprint density at radius 3 is 2.48 bits per heavy atom. The van der Waals surface area contributed by atoms with E-state index in [4.69, 9.17) is 9.84 Å². The Kier molecular flexibility index (Phi) is 5.84. The van der Waals surface area contributed by atoms with Crippen LogP contribution in [0.3, 0.4) is 0 Å². The van der Waals surface area contributed by atoms with Crippen LogP contribution >= 0.6 is 0 Å². The monoisotopic (exact) mass is 414 g/mol. The smallest absolute Gasteiger partial charge is 0.177 e. The topological polar surface area (TPSA) is 69.0 Å². The molecule has 0 spiro atoms. The molecule has 7 heteroatoms. The van der Waals surface area contributed by atoms with Crippen molar-refractivity contribution in [3.05, 3.63) is 78.5 Å². The molecule has 0 N–H and O–H groups in total. The number of hydrogen-bond acceptors (Lipinski definition) is 6. The minimum atomic E-state index is 0.407. The van der Waals surface area contributed by atoms with Crippen LogP contribution in [0.15, 0.2) is 67.3 Å². The second kappa shape index (κ2) is 9.22. The van der Waals surface area contributed by atoms with Crippen LogP contribution in [0.25, 0.3) is 11.2 Å². The van der Waals surface area contributed by atoms with Crippen LogP contribution in [0.1, 0.15) is 30.0 Å². The molecule has 3 aromatic heterocycles. The van der Waals surface area contributed by atoms with Gasteiger partial charge in [0.05, 0.1) is 12.2 Å². The molecule has 1 aliphatic heterocycles. The van der Waals surface area contributed by atoms with Gasteiger partial charge in [0.1, 0.15) is 17.9 Å². The van der Waals surface area contributed by atoms with Crippen molar-refractivity contribution in [3.8, 4) is 5.75 Å². The van der Waals surface area contributed by atoms with Crippen LogP contribution in [-0.4, -0.2) is 49.3 Å². The van der Waals surface area contributed by atoms with E-state index < -0.39 is 0 Å². The first-order valence-electron chi connectivity index (χ1n) is 10.8. The molecule has 0 aliphatic carbocycles. The summed E-state index contributed by atoms with van der Waals surface area (Å²) in [5.41, 5.74) is 4.15. The van der Waals surface area contributed by atoms with Gasteiger partial charge in [-0.15, -0.1) is 0 Å². The van der Waals surface area contributed by atoms with Crippen molar-refractivity contribution in [2.75, 3.05) is 19.7 Å². The van der Waals surface area contributed by atoms with Gasteiger partial charge in [0.15, 0.2) is 5.65 Å². The van der Waals surface area contributed by atoms with Crippen LogP contribution < -0.4 is 4.74 Å². The van der Waals surface area contributed by atoms with E-state index >= 15 is 0 Å². The van der Waals surface area contributed by atoms with E-state index in [1.807, 2.05) is 47.4 Å². The second-order valence-electron chi connectivity index (χ2n) is 7.90. The third-order valence-electron chi connectivity index (χ3n) is 5.84. The molecule has 158 valence electrons. The lowest BCUT2D eigenvalue weighted by molar-refractivity contribution is 0.203. The molecule has 7 nitrogen and oxygen atoms in total. The minimum absolute atomic E-state index is 0.407. The first-order chi connectivity index (χ1) is 15.4. The maximum absolute atomic E-state index is 5.86. The molecule has 4 aromatic rings. The molecule has 0 amide bonds. The molecular weight excluding hydrogens is 388 g/mol. The molecule has 1 fully saturated rings. The summed E-state index contributed by atoms with van der Waals surface area (Å²) in [6.07, 6.45) is 9.38. The highest BCUT2D eigenvalue weighted by molar-refractivity contribution is 5.73. The summed E-state index contributed by atoms with van der Waals surface area (Å²) >= 11 is 0. The Labute approximate surface area is 181 Å². The van der Waals surface area contributed by atoms with E-state index in [0.717, 1.165) is 55.1 Å². The number of nitrogens with zero attached hydrogens (tertiary/aromatic N) is 6. The summed E-state index contributed by atoms with van der Waals surface area (Å²) in [6, 6.07) is 14.0. The maximum atomic E-state index is 5.86. The number of ether oxygens (including phenoxy) is 1. The third-order valence-corrected chi connectivity index (χ3v) is 5.84. The van der Waals surface area contributed by atoms with Crippen molar-refractivity contribution < 1.29 is 4.74 Å². The Bertz CT molecular complexity index is 1110. The molecule has 0 saturated carbocycles. The summed E-state index contributed by atoms with van der Waals surface area (Å²) in [6.45, 7) is 4.27. The SMILES string of the molecule is c1ccc(OCCn2nc(C3CCN(Cc4ccncc4)CC3)c3nccnc32)cc1. The van der Waals surface area contributed by atoms with Crippen molar-refractivity contribution >= 4 is 11.2 Å². The summed E-state index contributed by atoms with van der Waals surface area (Å²) in [5.74, 6) is 1.27. The average molecular weight is 415 g/mol. The fourth-order valence-corrected chi connectivity index (χ4v) is 4.23. The van der Waals surface area contributed by atoms with Crippen LogP contribution in [0.4, 0.5) is 0 Å². The lowest BCUT2D eigenvalue weighted by Crippen LogP contribution is -2.32. The normalized spacial score (nSPS) is 15.4. The number of piperidine rings is 1. The molecule has 4 heterocycles. The molecule has 0 bridgehead atoms. The number of aromatic nitrogens is 5. The van der Waals surface area contributed by atoms with Gasteiger partial charge in [0, 0.05) is 37.3 Å². The average Bonchev–Trinajstić information content (AvgIpc) is 3.20. The van der Waals surface area contributed by atoms with Gasteiger partial charge < -0.3 is 4.74 Å². The Morgan fingerprint density at radius 2 is 1.68 bits per heavy atom. The zero-order valence-corrected chi connectivity index (χ0v) is 17.5. The lowest BCUT2D eigenvalue weighted by Gasteiger charge is -2.31. The summed E-state index contributed by atoms with van der Waals surface area (Å²) in [7, 11) is 0. The number of likely N-dealkylation sites (tertiary alicyclic amines) is 1. The standard InChI is InChI=1S/C24H26N6O/c1-2-4-21(5-3-1)31-17-16-30-24-23(26-12-13-27-24)22(28-30)20-8-14-29(15-9-20)18-19-6-10-25-11-7-19/h1-7,10-13,20H,8-9,14-18H2. The zero-order chi connectivity index (χ0) is 20.9. The van der Waals surface area contributed by atoms with E-state index in [2.05, 4.69) is 32.0 Å². The Hall–Kier alpha value is -3.32. The van der Waals surface area contributed by atoms with Crippen molar-refractivity contribution in [1.29, 1.82) is 0 Å². The molecule has 1 aromatic carbocycles. The fraction of sp³-hybridized carbons (Fsp3) is 0.333. The summed E-state index contributed by atoms with van der Waals surface area (Å²) in [5, 5.41) is 4.94. The molecular formula is C24H26N6O. The quantitative estimate of drug-likeness (QED) is 0.460. The predicted molar refractivity (Wildman–Crippen MR) is 119 cm³/mol. The number of hydrogen-bond donors (Lipinski definition) is 0. The number of rotatable bonds is 7. The van der Waals surface area contributed by atoms with E-state index in [-0.39, 0.29) is 0 Å². The van der Waals surface area contributed by atoms with Crippen LogP contribution in [0.2, 0.25) is 0 Å². The van der Waals surface area contributed by atoms with Crippen molar-refractivity contribution in [1.82, 2.24) is 29.6 Å². The lowest BCUT2D eigenvalue weighted by atomic mass is 9.93. The van der Waals surface area contributed by atoms with Crippen molar-refractivity contribution in [2.45, 2.75) is 31.8 Å². The van der Waals surface area contributed by atoms with Gasteiger partial charge in [0.25, 0.3) is 0 Å². The Balaban J connectivity index is 1.26. The summed E-state index contributed by atoms with van der Waals surface area (Å²) in [4.78, 5) is 15.8. The molecule has 1 aliphatic rings. The van der Waals surface area contributed by atoms with Gasteiger partial charge in [0.2, 0.25) is 0 Å². The van der Waals surface area contributed by atoms with Gasteiger partial charge in [-0.1, -0.05) is 18.2 Å². The van der Waals surface area contributed by atoms with Gasteiger partial charge in [-0.3, -0.25) is 9.88 Å². The molecule has 31 heavy (non-hydrogen) atoms. The zero-order valence-electron chi connectivity index (χ0n) is 17.5. The number of benzene rings is 1. The predicted octanol–water partition coefficient (Wildman–Crippen LogP) is 3.68.